The molecule has 27 heavy (non-hydrogen) atoms. The topological polar surface area (TPSA) is 82.3 Å². The van der Waals surface area contributed by atoms with E-state index in [2.05, 4.69) is 23.5 Å². The zero-order valence-corrected chi connectivity index (χ0v) is 15.5. The zero-order chi connectivity index (χ0) is 19.2. The van der Waals surface area contributed by atoms with E-state index in [4.69, 9.17) is 4.74 Å². The van der Waals surface area contributed by atoms with Gasteiger partial charge in [0, 0.05) is 32.5 Å². The highest BCUT2D eigenvalue weighted by atomic mass is 16.5. The molecule has 7 heteroatoms. The molecule has 1 amide bonds. The summed E-state index contributed by atoms with van der Waals surface area (Å²) in [5.41, 5.74) is 1.75. The van der Waals surface area contributed by atoms with Gasteiger partial charge < -0.3 is 10.1 Å². The maximum absolute atomic E-state index is 12.0. The van der Waals surface area contributed by atoms with Crippen molar-refractivity contribution in [2.75, 3.05) is 13.2 Å². The Hall–Kier alpha value is -2.67. The van der Waals surface area contributed by atoms with Gasteiger partial charge in [0.25, 0.3) is 5.56 Å². The fourth-order valence-electron chi connectivity index (χ4n) is 3.36. The summed E-state index contributed by atoms with van der Waals surface area (Å²) in [7, 11) is 1.39. The van der Waals surface area contributed by atoms with Crippen LogP contribution < -0.4 is 16.6 Å². The minimum Gasteiger partial charge on any atom is -0.373 e. The zero-order valence-electron chi connectivity index (χ0n) is 15.5. The number of amides is 1. The first-order valence-electron chi connectivity index (χ1n) is 9.29. The first-order chi connectivity index (χ1) is 13.1. The predicted octanol–water partition coefficient (Wildman–Crippen LogP) is 1.15. The minimum absolute atomic E-state index is 0.107. The summed E-state index contributed by atoms with van der Waals surface area (Å²) >= 11 is 0. The van der Waals surface area contributed by atoms with E-state index in [1.165, 1.54) is 35.0 Å². The van der Waals surface area contributed by atoms with E-state index in [1.54, 1.807) is 0 Å². The van der Waals surface area contributed by atoms with Crippen LogP contribution in [0.15, 0.2) is 46.1 Å². The fraction of sp³-hybridized carbons (Fsp3) is 0.450. The largest absolute Gasteiger partial charge is 0.373 e. The van der Waals surface area contributed by atoms with E-state index < -0.39 is 11.2 Å². The average Bonchev–Trinajstić information content (AvgIpc) is 2.68. The molecule has 1 N–H and O–H groups in total. The summed E-state index contributed by atoms with van der Waals surface area (Å²) in [6, 6.07) is 9.66. The molecule has 0 bridgehead atoms. The number of aromatic nitrogens is 2. The molecule has 1 atom stereocenters. The summed E-state index contributed by atoms with van der Waals surface area (Å²) in [6.07, 6.45) is 5.44. The normalized spacial score (nSPS) is 16.0. The lowest BCUT2D eigenvalue weighted by atomic mass is 9.89. The molecule has 1 unspecified atom stereocenters. The highest BCUT2D eigenvalue weighted by molar-refractivity contribution is 5.75. The number of benzene rings is 1. The van der Waals surface area contributed by atoms with Crippen LogP contribution in [0.4, 0.5) is 0 Å². The van der Waals surface area contributed by atoms with Crippen LogP contribution in [0.2, 0.25) is 0 Å². The predicted molar refractivity (Wildman–Crippen MR) is 102 cm³/mol. The van der Waals surface area contributed by atoms with Crippen molar-refractivity contribution in [3.05, 3.63) is 68.5 Å². The minimum atomic E-state index is -0.503. The smallest absolute Gasteiger partial charge is 0.331 e. The second-order valence-electron chi connectivity index (χ2n) is 6.78. The third-order valence-electron chi connectivity index (χ3n) is 4.85. The molecule has 1 heterocycles. The molecule has 0 saturated heterocycles. The van der Waals surface area contributed by atoms with Crippen LogP contribution in [0, 0.1) is 0 Å². The quantitative estimate of drug-likeness (QED) is 0.740. The Morgan fingerprint density at radius 1 is 1.26 bits per heavy atom. The fourth-order valence-corrected chi connectivity index (χ4v) is 3.36. The number of nitrogens with zero attached hydrogens (tertiary/aromatic N) is 2. The summed E-state index contributed by atoms with van der Waals surface area (Å²) in [4.78, 5) is 35.3. The molecule has 144 valence electrons. The number of hydrogen-bond acceptors (Lipinski definition) is 4. The number of aryl methyl sites for hydroxylation is 1. The SMILES string of the molecule is Cn1c(=O)ccn(CC(=O)NCCCOC2CCCc3ccccc32)c1=O. The van der Waals surface area contributed by atoms with Crippen molar-refractivity contribution < 1.29 is 9.53 Å². The molecule has 2 aromatic rings. The van der Waals surface area contributed by atoms with Crippen LogP contribution in [0.5, 0.6) is 0 Å². The summed E-state index contributed by atoms with van der Waals surface area (Å²) in [5, 5.41) is 2.78. The highest BCUT2D eigenvalue weighted by Crippen LogP contribution is 2.32. The van der Waals surface area contributed by atoms with Crippen molar-refractivity contribution >= 4 is 5.91 Å². The van der Waals surface area contributed by atoms with Gasteiger partial charge in [0.15, 0.2) is 0 Å². The Labute approximate surface area is 157 Å². The van der Waals surface area contributed by atoms with Gasteiger partial charge in [0.2, 0.25) is 5.91 Å². The van der Waals surface area contributed by atoms with Crippen LogP contribution >= 0.6 is 0 Å². The Balaban J connectivity index is 1.41. The standard InChI is InChI=1S/C20H25N3O4/c1-22-19(25)10-12-23(20(22)26)14-18(24)21-11-5-13-27-17-9-4-7-15-6-2-3-8-16(15)17/h2-3,6,8,10,12,17H,4-5,7,9,11,13-14H2,1H3,(H,21,24). The van der Waals surface area contributed by atoms with Gasteiger partial charge in [-0.3, -0.25) is 18.7 Å². The van der Waals surface area contributed by atoms with E-state index in [0.717, 1.165) is 23.8 Å². The number of carbonyl (C=O) groups is 1. The molecular formula is C20H25N3O4. The summed E-state index contributed by atoms with van der Waals surface area (Å²) in [6.45, 7) is 0.941. The van der Waals surface area contributed by atoms with Gasteiger partial charge in [-0.15, -0.1) is 0 Å². The first kappa shape index (κ1) is 19.1. The second-order valence-corrected chi connectivity index (χ2v) is 6.78. The Kier molecular flexibility index (Phi) is 6.24. The molecule has 0 fully saturated rings. The van der Waals surface area contributed by atoms with Gasteiger partial charge >= 0.3 is 5.69 Å². The molecule has 1 aliphatic carbocycles. The Morgan fingerprint density at radius 2 is 2.07 bits per heavy atom. The van der Waals surface area contributed by atoms with Gasteiger partial charge in [-0.25, -0.2) is 4.79 Å². The average molecular weight is 371 g/mol. The van der Waals surface area contributed by atoms with Gasteiger partial charge in [-0.05, 0) is 36.8 Å². The number of rotatable bonds is 7. The first-order valence-corrected chi connectivity index (χ1v) is 9.29. The number of ether oxygens (including phenoxy) is 1. The van der Waals surface area contributed by atoms with E-state index >= 15 is 0 Å². The number of nitrogens with one attached hydrogen (secondary N) is 1. The Morgan fingerprint density at radius 3 is 2.93 bits per heavy atom. The lowest BCUT2D eigenvalue weighted by Gasteiger charge is -2.25. The van der Waals surface area contributed by atoms with E-state index in [0.29, 0.717) is 19.6 Å². The van der Waals surface area contributed by atoms with Crippen molar-refractivity contribution in [1.29, 1.82) is 0 Å². The molecule has 0 aliphatic heterocycles. The van der Waals surface area contributed by atoms with Gasteiger partial charge in [-0.1, -0.05) is 24.3 Å². The van der Waals surface area contributed by atoms with Crippen molar-refractivity contribution in [1.82, 2.24) is 14.5 Å². The lowest BCUT2D eigenvalue weighted by Crippen LogP contribution is -2.40. The third-order valence-corrected chi connectivity index (χ3v) is 4.85. The van der Waals surface area contributed by atoms with E-state index in [9.17, 15) is 14.4 Å². The van der Waals surface area contributed by atoms with Crippen LogP contribution in [0.25, 0.3) is 0 Å². The van der Waals surface area contributed by atoms with Gasteiger partial charge in [0.1, 0.15) is 6.54 Å². The van der Waals surface area contributed by atoms with E-state index in [1.807, 2.05) is 6.07 Å². The Bertz CT molecular complexity index is 916. The van der Waals surface area contributed by atoms with Crippen LogP contribution in [-0.2, 0) is 29.5 Å². The van der Waals surface area contributed by atoms with Crippen molar-refractivity contribution in [2.45, 2.75) is 38.3 Å². The summed E-state index contributed by atoms with van der Waals surface area (Å²) in [5.74, 6) is -0.265. The van der Waals surface area contributed by atoms with Crippen molar-refractivity contribution in [3.8, 4) is 0 Å². The monoisotopic (exact) mass is 371 g/mol. The number of fused-ring (bicyclic) bond motifs is 1. The van der Waals surface area contributed by atoms with E-state index in [-0.39, 0.29) is 18.6 Å². The van der Waals surface area contributed by atoms with Gasteiger partial charge in [-0.2, -0.15) is 0 Å². The molecular weight excluding hydrogens is 346 g/mol. The lowest BCUT2D eigenvalue weighted by molar-refractivity contribution is -0.121. The molecule has 7 nitrogen and oxygen atoms in total. The molecule has 0 radical (unpaired) electrons. The highest BCUT2D eigenvalue weighted by Gasteiger charge is 2.19. The van der Waals surface area contributed by atoms with Crippen LogP contribution in [-0.4, -0.2) is 28.2 Å². The molecule has 0 spiro atoms. The number of hydrogen-bond donors (Lipinski definition) is 1. The second kappa shape index (κ2) is 8.81. The van der Waals surface area contributed by atoms with Crippen LogP contribution in [0.1, 0.15) is 36.5 Å². The molecule has 3 rings (SSSR count). The third kappa shape index (κ3) is 4.74. The molecule has 0 saturated carbocycles. The number of carbonyl (C=O) groups excluding carboxylic acids is 1. The maximum atomic E-state index is 12.0. The molecule has 1 aromatic heterocycles. The van der Waals surface area contributed by atoms with Crippen molar-refractivity contribution in [3.63, 3.8) is 0 Å². The maximum Gasteiger partial charge on any atom is 0.331 e. The van der Waals surface area contributed by atoms with Crippen LogP contribution in [0.3, 0.4) is 0 Å². The molecule has 1 aromatic carbocycles. The summed E-state index contributed by atoms with van der Waals surface area (Å²) < 4.78 is 8.20. The molecule has 1 aliphatic rings. The van der Waals surface area contributed by atoms with Crippen molar-refractivity contribution in [2.24, 2.45) is 7.05 Å². The van der Waals surface area contributed by atoms with Gasteiger partial charge in [0.05, 0.1) is 6.10 Å².